The van der Waals surface area contributed by atoms with Gasteiger partial charge in [-0.3, -0.25) is 9.69 Å². The maximum Gasteiger partial charge on any atom is 0.241 e. The van der Waals surface area contributed by atoms with Crippen LogP contribution in [0.5, 0.6) is 0 Å². The van der Waals surface area contributed by atoms with E-state index >= 15 is 0 Å². The van der Waals surface area contributed by atoms with E-state index in [4.69, 9.17) is 16.7 Å². The van der Waals surface area contributed by atoms with Crippen molar-refractivity contribution in [1.29, 1.82) is 0 Å². The molecule has 0 aliphatic carbocycles. The Morgan fingerprint density at radius 3 is 2.89 bits per heavy atom. The van der Waals surface area contributed by atoms with Gasteiger partial charge in [0, 0.05) is 11.6 Å². The second kappa shape index (κ2) is 6.68. The number of nitrogens with one attached hydrogen (secondary N) is 1. The Bertz CT molecular complexity index is 429. The molecule has 0 aliphatic rings. The lowest BCUT2D eigenvalue weighted by Gasteiger charge is -2.22. The Balaban J connectivity index is 2.72. The van der Waals surface area contributed by atoms with Crippen LogP contribution >= 0.6 is 11.6 Å². The van der Waals surface area contributed by atoms with E-state index < -0.39 is 11.9 Å². The molecule has 100 valence electrons. The van der Waals surface area contributed by atoms with Crippen molar-refractivity contribution < 1.29 is 14.3 Å². The Morgan fingerprint density at radius 2 is 2.28 bits per heavy atom. The van der Waals surface area contributed by atoms with Crippen LogP contribution in [0.1, 0.15) is 6.92 Å². The summed E-state index contributed by atoms with van der Waals surface area (Å²) in [6, 6.07) is 3.48. The Hall–Kier alpha value is -1.17. The number of likely N-dealkylation sites (N-methyl/N-ethyl adjacent to an activating group) is 1. The minimum absolute atomic E-state index is 0.0420. The summed E-state index contributed by atoms with van der Waals surface area (Å²) in [7, 11) is 1.70. The molecule has 6 heteroatoms. The first-order valence-electron chi connectivity index (χ1n) is 5.52. The molecule has 1 amide bonds. The highest BCUT2D eigenvalue weighted by Crippen LogP contribution is 2.19. The van der Waals surface area contributed by atoms with Gasteiger partial charge in [0.2, 0.25) is 5.91 Å². The number of amides is 1. The number of halogens is 2. The van der Waals surface area contributed by atoms with Crippen LogP contribution < -0.4 is 5.32 Å². The van der Waals surface area contributed by atoms with Crippen LogP contribution in [0.4, 0.5) is 10.1 Å². The topological polar surface area (TPSA) is 52.6 Å². The van der Waals surface area contributed by atoms with Gasteiger partial charge in [-0.1, -0.05) is 11.6 Å². The van der Waals surface area contributed by atoms with Crippen LogP contribution in [0.25, 0.3) is 0 Å². The van der Waals surface area contributed by atoms with Crippen molar-refractivity contribution in [3.05, 3.63) is 29.0 Å². The highest BCUT2D eigenvalue weighted by Gasteiger charge is 2.18. The Labute approximate surface area is 110 Å². The predicted octanol–water partition coefficient (Wildman–Crippen LogP) is 1.73. The third-order valence-corrected chi connectivity index (χ3v) is 2.91. The van der Waals surface area contributed by atoms with E-state index in [-0.39, 0.29) is 18.2 Å². The molecule has 1 unspecified atom stereocenters. The zero-order valence-corrected chi connectivity index (χ0v) is 11.0. The van der Waals surface area contributed by atoms with Crippen LogP contribution in [-0.2, 0) is 4.79 Å². The molecule has 2 N–H and O–H groups in total. The van der Waals surface area contributed by atoms with Gasteiger partial charge in [0.1, 0.15) is 5.82 Å². The molecule has 0 aliphatic heterocycles. The highest BCUT2D eigenvalue weighted by molar-refractivity contribution is 6.30. The van der Waals surface area contributed by atoms with Gasteiger partial charge < -0.3 is 10.4 Å². The van der Waals surface area contributed by atoms with Crippen LogP contribution in [0, 0.1) is 5.82 Å². The van der Waals surface area contributed by atoms with Gasteiger partial charge in [0.15, 0.2) is 0 Å². The summed E-state index contributed by atoms with van der Waals surface area (Å²) in [6.45, 7) is 2.00. The minimum atomic E-state index is -0.537. The van der Waals surface area contributed by atoms with Crippen molar-refractivity contribution in [1.82, 2.24) is 4.90 Å². The number of nitrogens with zero attached hydrogens (tertiary/aromatic N) is 1. The fourth-order valence-corrected chi connectivity index (χ4v) is 1.55. The molecule has 0 spiro atoms. The summed E-state index contributed by atoms with van der Waals surface area (Å²) in [5, 5.41) is 11.6. The summed E-state index contributed by atoms with van der Waals surface area (Å²) < 4.78 is 13.4. The lowest BCUT2D eigenvalue weighted by Crippen LogP contribution is -2.41. The predicted molar refractivity (Wildman–Crippen MR) is 69.2 cm³/mol. The molecule has 0 heterocycles. The summed E-state index contributed by atoms with van der Waals surface area (Å²) in [5.41, 5.74) is 0.0525. The first kappa shape index (κ1) is 14.9. The standard InChI is InChI=1S/C12H16ClFN2O2/c1-8(16(2)5-6-17)12(18)15-11-7-9(13)3-4-10(11)14/h3-4,7-8,17H,5-6H2,1-2H3,(H,15,18). The first-order chi connectivity index (χ1) is 8.45. The number of carbonyl (C=O) groups is 1. The normalized spacial score (nSPS) is 12.6. The van der Waals surface area contributed by atoms with Crippen molar-refractivity contribution in [3.8, 4) is 0 Å². The van der Waals surface area contributed by atoms with Gasteiger partial charge in [-0.25, -0.2) is 4.39 Å². The first-order valence-corrected chi connectivity index (χ1v) is 5.90. The molecule has 0 aromatic heterocycles. The number of hydrogen-bond acceptors (Lipinski definition) is 3. The van der Waals surface area contributed by atoms with Gasteiger partial charge in [-0.2, -0.15) is 0 Å². The molecule has 0 radical (unpaired) electrons. The van der Waals surface area contributed by atoms with E-state index in [9.17, 15) is 9.18 Å². The maximum atomic E-state index is 13.4. The molecular formula is C12H16ClFN2O2. The van der Waals surface area contributed by atoms with Crippen LogP contribution in [0.15, 0.2) is 18.2 Å². The van der Waals surface area contributed by atoms with E-state index in [0.29, 0.717) is 11.6 Å². The average molecular weight is 275 g/mol. The number of aliphatic hydroxyl groups excluding tert-OH is 1. The third-order valence-electron chi connectivity index (χ3n) is 2.68. The number of benzene rings is 1. The van der Waals surface area contributed by atoms with Gasteiger partial charge in [0.05, 0.1) is 18.3 Å². The maximum absolute atomic E-state index is 13.4. The number of hydrogen-bond donors (Lipinski definition) is 2. The zero-order chi connectivity index (χ0) is 13.7. The number of anilines is 1. The molecule has 0 saturated heterocycles. The molecule has 18 heavy (non-hydrogen) atoms. The second-order valence-corrected chi connectivity index (χ2v) is 4.43. The molecule has 1 aromatic carbocycles. The molecule has 0 saturated carbocycles. The third kappa shape index (κ3) is 3.94. The van der Waals surface area contributed by atoms with E-state index in [2.05, 4.69) is 5.32 Å². The molecule has 4 nitrogen and oxygen atoms in total. The monoisotopic (exact) mass is 274 g/mol. The SMILES string of the molecule is CC(C(=O)Nc1cc(Cl)ccc1F)N(C)CCO. The van der Waals surface area contributed by atoms with Gasteiger partial charge in [-0.05, 0) is 32.2 Å². The zero-order valence-electron chi connectivity index (χ0n) is 10.3. The lowest BCUT2D eigenvalue weighted by molar-refractivity contribution is -0.120. The molecule has 1 atom stereocenters. The Kier molecular flexibility index (Phi) is 5.53. The quantitative estimate of drug-likeness (QED) is 0.860. The number of aliphatic hydroxyl groups is 1. The number of carbonyl (C=O) groups excluding carboxylic acids is 1. The summed E-state index contributed by atoms with van der Waals surface area (Å²) in [5.74, 6) is -0.892. The van der Waals surface area contributed by atoms with E-state index in [1.54, 1.807) is 18.9 Å². The van der Waals surface area contributed by atoms with Crippen molar-refractivity contribution >= 4 is 23.2 Å². The van der Waals surface area contributed by atoms with Crippen molar-refractivity contribution in [2.45, 2.75) is 13.0 Å². The fourth-order valence-electron chi connectivity index (χ4n) is 1.38. The van der Waals surface area contributed by atoms with E-state index in [0.717, 1.165) is 0 Å². The second-order valence-electron chi connectivity index (χ2n) is 3.99. The van der Waals surface area contributed by atoms with Crippen molar-refractivity contribution in [3.63, 3.8) is 0 Å². The highest BCUT2D eigenvalue weighted by atomic mass is 35.5. The molecule has 0 bridgehead atoms. The van der Waals surface area contributed by atoms with Gasteiger partial charge >= 0.3 is 0 Å². The molecule has 1 aromatic rings. The summed E-state index contributed by atoms with van der Waals surface area (Å²) >= 11 is 5.73. The van der Waals surface area contributed by atoms with Crippen LogP contribution in [-0.4, -0.2) is 42.2 Å². The van der Waals surface area contributed by atoms with Crippen LogP contribution in [0.2, 0.25) is 5.02 Å². The van der Waals surface area contributed by atoms with Crippen molar-refractivity contribution in [2.75, 3.05) is 25.5 Å². The smallest absolute Gasteiger partial charge is 0.241 e. The summed E-state index contributed by atoms with van der Waals surface area (Å²) in [6.07, 6.45) is 0. The fraction of sp³-hybridized carbons (Fsp3) is 0.417. The molecule has 0 fully saturated rings. The van der Waals surface area contributed by atoms with Gasteiger partial charge in [-0.15, -0.1) is 0 Å². The Morgan fingerprint density at radius 1 is 1.61 bits per heavy atom. The molecular weight excluding hydrogens is 259 g/mol. The summed E-state index contributed by atoms with van der Waals surface area (Å²) in [4.78, 5) is 13.5. The number of rotatable bonds is 5. The van der Waals surface area contributed by atoms with E-state index in [1.165, 1.54) is 18.2 Å². The van der Waals surface area contributed by atoms with E-state index in [1.807, 2.05) is 0 Å². The molecule has 1 rings (SSSR count). The minimum Gasteiger partial charge on any atom is -0.395 e. The largest absolute Gasteiger partial charge is 0.395 e. The van der Waals surface area contributed by atoms with Crippen molar-refractivity contribution in [2.24, 2.45) is 0 Å². The van der Waals surface area contributed by atoms with Gasteiger partial charge in [0.25, 0.3) is 0 Å². The lowest BCUT2D eigenvalue weighted by atomic mass is 10.2. The van der Waals surface area contributed by atoms with Crippen LogP contribution in [0.3, 0.4) is 0 Å². The average Bonchev–Trinajstić information content (AvgIpc) is 2.33.